The highest BCUT2D eigenvalue weighted by Gasteiger charge is 2.17. The van der Waals surface area contributed by atoms with Crippen LogP contribution in [0.4, 0.5) is 4.39 Å². The van der Waals surface area contributed by atoms with Gasteiger partial charge in [-0.25, -0.2) is 17.5 Å². The predicted octanol–water partition coefficient (Wildman–Crippen LogP) is 2.17. The molecule has 0 aliphatic heterocycles. The van der Waals surface area contributed by atoms with Crippen molar-refractivity contribution in [2.24, 2.45) is 0 Å². The second-order valence-corrected chi connectivity index (χ2v) is 5.42. The first-order valence-electron chi connectivity index (χ1n) is 4.85. The Morgan fingerprint density at radius 2 is 2.18 bits per heavy atom. The number of sulfonamides is 1. The van der Waals surface area contributed by atoms with Crippen molar-refractivity contribution in [2.45, 2.75) is 17.7 Å². The maximum Gasteiger partial charge on any atom is 0.242 e. The van der Waals surface area contributed by atoms with E-state index in [0.717, 1.165) is 12.1 Å². The van der Waals surface area contributed by atoms with Gasteiger partial charge in [-0.15, -0.1) is 12.3 Å². The van der Waals surface area contributed by atoms with Crippen LogP contribution in [0, 0.1) is 18.2 Å². The molecule has 0 spiro atoms. The molecule has 0 aliphatic rings. The third-order valence-electron chi connectivity index (χ3n) is 1.97. The summed E-state index contributed by atoms with van der Waals surface area (Å²) in [5.74, 6) is 1.74. The standard InChI is InChI=1S/C11H11ClFNO2S/c1-2-3-4-7-14-17(15,16)11-8-9(13)5-6-10(11)12/h1,5-6,8,14H,3-4,7H2. The van der Waals surface area contributed by atoms with E-state index in [9.17, 15) is 12.8 Å². The van der Waals surface area contributed by atoms with E-state index < -0.39 is 15.8 Å². The van der Waals surface area contributed by atoms with Crippen molar-refractivity contribution in [1.82, 2.24) is 4.72 Å². The monoisotopic (exact) mass is 275 g/mol. The average molecular weight is 276 g/mol. The van der Waals surface area contributed by atoms with Gasteiger partial charge >= 0.3 is 0 Å². The number of hydrogen-bond donors (Lipinski definition) is 1. The smallest absolute Gasteiger partial charge is 0.211 e. The lowest BCUT2D eigenvalue weighted by molar-refractivity contribution is 0.576. The summed E-state index contributed by atoms with van der Waals surface area (Å²) in [6.45, 7) is 0.194. The molecule has 0 aromatic heterocycles. The summed E-state index contributed by atoms with van der Waals surface area (Å²) in [7, 11) is -3.78. The van der Waals surface area contributed by atoms with Crippen molar-refractivity contribution in [1.29, 1.82) is 0 Å². The first-order valence-corrected chi connectivity index (χ1v) is 6.71. The zero-order chi connectivity index (χ0) is 12.9. The molecule has 92 valence electrons. The molecule has 0 saturated carbocycles. The quantitative estimate of drug-likeness (QED) is 0.661. The molecule has 1 N–H and O–H groups in total. The third kappa shape index (κ3) is 4.00. The van der Waals surface area contributed by atoms with Crippen LogP contribution in [0.2, 0.25) is 5.02 Å². The van der Waals surface area contributed by atoms with Gasteiger partial charge in [-0.1, -0.05) is 11.6 Å². The number of terminal acetylenes is 1. The molecule has 17 heavy (non-hydrogen) atoms. The average Bonchev–Trinajstić information content (AvgIpc) is 2.28. The molecule has 0 amide bonds. The van der Waals surface area contributed by atoms with Crippen molar-refractivity contribution < 1.29 is 12.8 Å². The highest BCUT2D eigenvalue weighted by Crippen LogP contribution is 2.21. The van der Waals surface area contributed by atoms with Gasteiger partial charge < -0.3 is 0 Å². The maximum absolute atomic E-state index is 12.9. The summed E-state index contributed by atoms with van der Waals surface area (Å²) in [6, 6.07) is 3.18. The highest BCUT2D eigenvalue weighted by molar-refractivity contribution is 7.89. The fourth-order valence-electron chi connectivity index (χ4n) is 1.16. The molecule has 0 unspecified atom stereocenters. The van der Waals surface area contributed by atoms with E-state index in [4.69, 9.17) is 18.0 Å². The van der Waals surface area contributed by atoms with Crippen molar-refractivity contribution in [2.75, 3.05) is 6.54 Å². The second kappa shape index (κ2) is 6.01. The summed E-state index contributed by atoms with van der Waals surface area (Å²) in [6.07, 6.45) is 6.02. The molecule has 0 atom stereocenters. The van der Waals surface area contributed by atoms with Crippen LogP contribution in [0.3, 0.4) is 0 Å². The van der Waals surface area contributed by atoms with E-state index in [-0.39, 0.29) is 16.5 Å². The fraction of sp³-hybridized carbons (Fsp3) is 0.273. The van der Waals surface area contributed by atoms with Crippen molar-refractivity contribution in [3.8, 4) is 12.3 Å². The molecule has 0 radical (unpaired) electrons. The second-order valence-electron chi connectivity index (χ2n) is 3.28. The Hall–Kier alpha value is -1.09. The Balaban J connectivity index is 2.83. The Morgan fingerprint density at radius 3 is 2.82 bits per heavy atom. The first kappa shape index (κ1) is 14.0. The maximum atomic E-state index is 12.9. The number of benzene rings is 1. The minimum Gasteiger partial charge on any atom is -0.211 e. The van der Waals surface area contributed by atoms with Crippen LogP contribution in [-0.4, -0.2) is 15.0 Å². The molecule has 0 heterocycles. The lowest BCUT2D eigenvalue weighted by Gasteiger charge is -2.07. The number of hydrogen-bond acceptors (Lipinski definition) is 2. The number of halogens is 2. The van der Waals surface area contributed by atoms with Crippen LogP contribution in [0.25, 0.3) is 0 Å². The van der Waals surface area contributed by atoms with E-state index in [1.54, 1.807) is 0 Å². The minimum absolute atomic E-state index is 0.0177. The first-order chi connectivity index (χ1) is 7.97. The lowest BCUT2D eigenvalue weighted by Crippen LogP contribution is -2.25. The highest BCUT2D eigenvalue weighted by atomic mass is 35.5. The Labute approximate surface area is 105 Å². The minimum atomic E-state index is -3.78. The predicted molar refractivity (Wildman–Crippen MR) is 64.7 cm³/mol. The summed E-state index contributed by atoms with van der Waals surface area (Å²) >= 11 is 5.70. The molecule has 0 fully saturated rings. The fourth-order valence-corrected chi connectivity index (χ4v) is 2.74. The van der Waals surface area contributed by atoms with Crippen LogP contribution >= 0.6 is 11.6 Å². The van der Waals surface area contributed by atoms with Gasteiger partial charge in [0, 0.05) is 13.0 Å². The summed E-state index contributed by atoms with van der Waals surface area (Å²) in [5.41, 5.74) is 0. The van der Waals surface area contributed by atoms with Crippen molar-refractivity contribution in [3.05, 3.63) is 29.0 Å². The Kier molecular flexibility index (Phi) is 4.94. The molecule has 0 saturated heterocycles. The molecular weight excluding hydrogens is 265 g/mol. The molecular formula is C11H11ClFNO2S. The van der Waals surface area contributed by atoms with E-state index >= 15 is 0 Å². The molecule has 1 aromatic carbocycles. The van der Waals surface area contributed by atoms with Crippen molar-refractivity contribution >= 4 is 21.6 Å². The van der Waals surface area contributed by atoms with Gasteiger partial charge in [0.25, 0.3) is 0 Å². The van der Waals surface area contributed by atoms with Gasteiger partial charge in [-0.05, 0) is 24.6 Å². The van der Waals surface area contributed by atoms with Crippen molar-refractivity contribution in [3.63, 3.8) is 0 Å². The van der Waals surface area contributed by atoms with Gasteiger partial charge in [-0.3, -0.25) is 0 Å². The topological polar surface area (TPSA) is 46.2 Å². The van der Waals surface area contributed by atoms with Crippen LogP contribution in [0.15, 0.2) is 23.1 Å². The van der Waals surface area contributed by atoms with Gasteiger partial charge in [0.2, 0.25) is 10.0 Å². The van der Waals surface area contributed by atoms with Crippen LogP contribution < -0.4 is 4.72 Å². The summed E-state index contributed by atoms with van der Waals surface area (Å²) in [4.78, 5) is -0.264. The largest absolute Gasteiger partial charge is 0.242 e. The number of rotatable bonds is 5. The molecule has 6 heteroatoms. The van der Waals surface area contributed by atoms with Crippen LogP contribution in [0.5, 0.6) is 0 Å². The molecule has 0 aliphatic carbocycles. The Bertz CT molecular complexity index is 537. The van der Waals surface area contributed by atoms with E-state index in [0.29, 0.717) is 12.8 Å². The van der Waals surface area contributed by atoms with Gasteiger partial charge in [0.1, 0.15) is 10.7 Å². The summed E-state index contributed by atoms with van der Waals surface area (Å²) in [5, 5.41) is -0.0177. The molecule has 3 nitrogen and oxygen atoms in total. The number of nitrogens with one attached hydrogen (secondary N) is 1. The zero-order valence-electron chi connectivity index (χ0n) is 8.91. The van der Waals surface area contributed by atoms with E-state index in [1.165, 1.54) is 6.07 Å². The molecule has 1 aromatic rings. The Morgan fingerprint density at radius 1 is 1.47 bits per heavy atom. The number of unbranched alkanes of at least 4 members (excludes halogenated alkanes) is 1. The van der Waals surface area contributed by atoms with Gasteiger partial charge in [0.05, 0.1) is 5.02 Å². The zero-order valence-corrected chi connectivity index (χ0v) is 10.5. The van der Waals surface area contributed by atoms with Crippen LogP contribution in [0.1, 0.15) is 12.8 Å². The van der Waals surface area contributed by atoms with E-state index in [2.05, 4.69) is 10.6 Å². The normalized spacial score (nSPS) is 11.1. The van der Waals surface area contributed by atoms with Crippen LogP contribution in [-0.2, 0) is 10.0 Å². The lowest BCUT2D eigenvalue weighted by atomic mass is 10.3. The van der Waals surface area contributed by atoms with E-state index in [1.807, 2.05) is 0 Å². The van der Waals surface area contributed by atoms with Gasteiger partial charge in [0.15, 0.2) is 0 Å². The SMILES string of the molecule is C#CCCCNS(=O)(=O)c1cc(F)ccc1Cl. The molecule has 1 rings (SSSR count). The van der Waals surface area contributed by atoms with Gasteiger partial charge in [-0.2, -0.15) is 0 Å². The third-order valence-corrected chi connectivity index (χ3v) is 3.92. The summed E-state index contributed by atoms with van der Waals surface area (Å²) < 4.78 is 38.8. The molecule has 0 bridgehead atoms.